The van der Waals surface area contributed by atoms with Crippen molar-refractivity contribution in [2.75, 3.05) is 23.8 Å². The third-order valence-electron chi connectivity index (χ3n) is 4.69. The molecule has 3 rings (SSSR count). The summed E-state index contributed by atoms with van der Waals surface area (Å²) in [5, 5.41) is 13.6. The van der Waals surface area contributed by atoms with Crippen molar-refractivity contribution in [1.82, 2.24) is 4.90 Å². The minimum Gasteiger partial charge on any atom is -0.394 e. The Labute approximate surface area is 174 Å². The number of hydrogen-bond donors (Lipinski definition) is 3. The van der Waals surface area contributed by atoms with Gasteiger partial charge in [-0.3, -0.25) is 9.74 Å². The second-order valence-electron chi connectivity index (χ2n) is 6.56. The van der Waals surface area contributed by atoms with E-state index in [9.17, 15) is 28.0 Å². The molecule has 3 N–H and O–H groups in total. The van der Waals surface area contributed by atoms with Gasteiger partial charge in [-0.1, -0.05) is 17.7 Å². The number of aliphatic hydroxyl groups excluding tert-OH is 1. The molecule has 1 heterocycles. The number of rotatable bonds is 5. The lowest BCUT2D eigenvalue weighted by molar-refractivity contribution is -0.00702. The number of urea groups is 1. The Hall–Kier alpha value is -2.98. The number of nitrogens with one attached hydrogen (secondary N) is 2. The number of aliphatic hydroxyl groups is 1. The van der Waals surface area contributed by atoms with Gasteiger partial charge in [-0.15, -0.1) is 0 Å². The maximum absolute atomic E-state index is 14.5. The van der Waals surface area contributed by atoms with Gasteiger partial charge in [-0.05, 0) is 31.0 Å². The molecule has 30 heavy (non-hydrogen) atoms. The molecule has 3 amide bonds. The Morgan fingerprint density at radius 2 is 2.00 bits per heavy atom. The van der Waals surface area contributed by atoms with Crippen molar-refractivity contribution in [2.24, 2.45) is 0 Å². The van der Waals surface area contributed by atoms with Crippen LogP contribution in [0.5, 0.6) is 5.75 Å². The van der Waals surface area contributed by atoms with Crippen molar-refractivity contribution in [3.05, 3.63) is 52.6 Å². The molecule has 1 fully saturated rings. The van der Waals surface area contributed by atoms with Gasteiger partial charge in [-0.25, -0.2) is 13.6 Å². The van der Waals surface area contributed by atoms with E-state index in [0.29, 0.717) is 25.5 Å². The number of halogens is 4. The zero-order valence-electron chi connectivity index (χ0n) is 15.4. The smallest absolute Gasteiger partial charge is 0.322 e. The van der Waals surface area contributed by atoms with E-state index in [0.717, 1.165) is 12.1 Å². The highest BCUT2D eigenvalue weighted by atomic mass is 35.5. The number of likely N-dealkylation sites (tertiary alicyclic amines) is 1. The molecule has 0 aromatic heterocycles. The lowest BCUT2D eigenvalue weighted by Gasteiger charge is -2.23. The van der Waals surface area contributed by atoms with E-state index in [2.05, 4.69) is 15.6 Å². The fourth-order valence-electron chi connectivity index (χ4n) is 3.17. The highest BCUT2D eigenvalue weighted by Crippen LogP contribution is 2.31. The van der Waals surface area contributed by atoms with E-state index < -0.39 is 46.6 Å². The highest BCUT2D eigenvalue weighted by Gasteiger charge is 2.29. The molecule has 1 saturated heterocycles. The molecule has 0 aliphatic carbocycles. The molecule has 160 valence electrons. The summed E-state index contributed by atoms with van der Waals surface area (Å²) in [5.74, 6) is -3.66. The second-order valence-corrected chi connectivity index (χ2v) is 6.97. The quantitative estimate of drug-likeness (QED) is 0.648. The van der Waals surface area contributed by atoms with E-state index in [1.807, 2.05) is 0 Å². The number of amides is 3. The van der Waals surface area contributed by atoms with Gasteiger partial charge in [-0.2, -0.15) is 0 Å². The van der Waals surface area contributed by atoms with E-state index >= 15 is 0 Å². The number of carbonyl (C=O) groups is 2. The van der Waals surface area contributed by atoms with Crippen LogP contribution in [-0.2, 0) is 0 Å². The summed E-state index contributed by atoms with van der Waals surface area (Å²) in [7, 11) is 0. The molecule has 1 aliphatic rings. The van der Waals surface area contributed by atoms with Crippen LogP contribution in [0.1, 0.15) is 23.2 Å². The first-order valence-corrected chi connectivity index (χ1v) is 9.29. The van der Waals surface area contributed by atoms with Gasteiger partial charge in [0.15, 0.2) is 5.75 Å². The fraction of sp³-hybridized carbons (Fsp3) is 0.263. The van der Waals surface area contributed by atoms with Crippen LogP contribution in [0.2, 0.25) is 5.02 Å². The van der Waals surface area contributed by atoms with Crippen LogP contribution < -0.4 is 15.6 Å². The molecule has 1 unspecified atom stereocenters. The topological polar surface area (TPSA) is 90.9 Å². The first kappa shape index (κ1) is 21.7. The van der Waals surface area contributed by atoms with Crippen LogP contribution in [-0.4, -0.2) is 41.1 Å². The summed E-state index contributed by atoms with van der Waals surface area (Å²) in [4.78, 5) is 29.7. The van der Waals surface area contributed by atoms with E-state index in [-0.39, 0.29) is 17.3 Å². The molecule has 0 radical (unpaired) electrons. The third-order valence-corrected chi connectivity index (χ3v) is 5.00. The number of anilines is 2. The lowest BCUT2D eigenvalue weighted by atomic mass is 10.1. The van der Waals surface area contributed by atoms with Crippen LogP contribution in [0.25, 0.3) is 0 Å². The number of para-hydroxylation sites is 1. The summed E-state index contributed by atoms with van der Waals surface area (Å²) in [6.45, 7) is 0.126. The highest BCUT2D eigenvalue weighted by molar-refractivity contribution is 6.34. The van der Waals surface area contributed by atoms with Crippen molar-refractivity contribution in [3.8, 4) is 5.75 Å². The first-order chi connectivity index (χ1) is 14.3. The molecule has 2 aromatic carbocycles. The lowest BCUT2D eigenvalue weighted by Crippen LogP contribution is -2.40. The van der Waals surface area contributed by atoms with Crippen molar-refractivity contribution < 1.29 is 32.9 Å². The van der Waals surface area contributed by atoms with Crippen LogP contribution in [0.3, 0.4) is 0 Å². The molecule has 1 aliphatic heterocycles. The molecule has 0 saturated carbocycles. The maximum atomic E-state index is 14.5. The number of nitrogens with zero attached hydrogens (tertiary/aromatic N) is 1. The van der Waals surface area contributed by atoms with Gasteiger partial charge in [0.1, 0.15) is 11.6 Å². The summed E-state index contributed by atoms with van der Waals surface area (Å²) < 4.78 is 41.4. The third kappa shape index (κ3) is 4.44. The maximum Gasteiger partial charge on any atom is 0.322 e. The second kappa shape index (κ2) is 9.23. The monoisotopic (exact) mass is 443 g/mol. The average molecular weight is 444 g/mol. The van der Waals surface area contributed by atoms with Crippen molar-refractivity contribution in [3.63, 3.8) is 0 Å². The number of benzene rings is 2. The summed E-state index contributed by atoms with van der Waals surface area (Å²) >= 11 is 5.83. The molecular weight excluding hydrogens is 427 g/mol. The van der Waals surface area contributed by atoms with Gasteiger partial charge in [0.05, 0.1) is 34.6 Å². The van der Waals surface area contributed by atoms with Crippen LogP contribution >= 0.6 is 11.6 Å². The molecule has 0 spiro atoms. The van der Waals surface area contributed by atoms with Crippen molar-refractivity contribution in [1.29, 1.82) is 0 Å². The average Bonchev–Trinajstić information content (AvgIpc) is 3.21. The van der Waals surface area contributed by atoms with Gasteiger partial charge in [0.25, 0.3) is 5.91 Å². The Morgan fingerprint density at radius 3 is 2.67 bits per heavy atom. The first-order valence-electron chi connectivity index (χ1n) is 8.91. The van der Waals surface area contributed by atoms with E-state index in [4.69, 9.17) is 11.6 Å². The van der Waals surface area contributed by atoms with Gasteiger partial charge < -0.3 is 20.6 Å². The number of hydrogen-bond acceptors (Lipinski definition) is 4. The fourth-order valence-corrected chi connectivity index (χ4v) is 3.38. The number of carbonyl (C=O) groups excluding carboxylic acids is 2. The van der Waals surface area contributed by atoms with Crippen LogP contribution in [0.4, 0.5) is 29.5 Å². The Balaban J connectivity index is 1.83. The molecule has 11 heteroatoms. The minimum atomic E-state index is -1.08. The predicted octanol–water partition coefficient (Wildman–Crippen LogP) is 4.12. The SMILES string of the molecule is O=C(Nc1c(F)cccc1Cl)c1cc(F)c(NC(=O)N2CCCC2CO)cc1OF. The molecular formula is C19H17ClF3N3O4. The largest absolute Gasteiger partial charge is 0.394 e. The zero-order valence-corrected chi connectivity index (χ0v) is 16.2. The van der Waals surface area contributed by atoms with Crippen LogP contribution in [0, 0.1) is 11.6 Å². The van der Waals surface area contributed by atoms with Crippen molar-refractivity contribution in [2.45, 2.75) is 18.9 Å². The Kier molecular flexibility index (Phi) is 6.68. The molecule has 1 atom stereocenters. The van der Waals surface area contributed by atoms with E-state index in [1.54, 1.807) is 0 Å². The Morgan fingerprint density at radius 1 is 1.23 bits per heavy atom. The minimum absolute atomic E-state index is 0.112. The molecule has 2 aromatic rings. The van der Waals surface area contributed by atoms with Crippen LogP contribution in [0.15, 0.2) is 30.3 Å². The van der Waals surface area contributed by atoms with Gasteiger partial charge >= 0.3 is 6.03 Å². The Bertz CT molecular complexity index is 956. The van der Waals surface area contributed by atoms with Gasteiger partial charge in [0.2, 0.25) is 0 Å². The summed E-state index contributed by atoms with van der Waals surface area (Å²) in [5.41, 5.74) is -1.38. The van der Waals surface area contributed by atoms with E-state index in [1.165, 1.54) is 17.0 Å². The molecule has 0 bridgehead atoms. The normalized spacial score (nSPS) is 15.8. The van der Waals surface area contributed by atoms with Crippen molar-refractivity contribution >= 4 is 34.9 Å². The zero-order chi connectivity index (χ0) is 21.8. The molecule has 7 nitrogen and oxygen atoms in total. The predicted molar refractivity (Wildman–Crippen MR) is 103 cm³/mol. The summed E-state index contributed by atoms with van der Waals surface area (Å²) in [6.07, 6.45) is 1.28. The summed E-state index contributed by atoms with van der Waals surface area (Å²) in [6, 6.07) is 4.03. The standard InChI is InChI=1S/C19H17ClF3N3O4/c20-12-4-1-5-13(21)17(12)25-18(28)11-7-14(22)15(8-16(11)30-23)24-19(29)26-6-2-3-10(26)9-27/h1,4-5,7-8,10,27H,2-3,6,9H2,(H,24,29)(H,25,28). The van der Waals surface area contributed by atoms with Gasteiger partial charge in [0, 0.05) is 17.1 Å².